The molecule has 0 radical (unpaired) electrons. The van der Waals surface area contributed by atoms with E-state index in [1.54, 1.807) is 42.7 Å². The Morgan fingerprint density at radius 1 is 1.07 bits per heavy atom. The molecule has 3 aromatic heterocycles. The number of pyridine rings is 1. The summed E-state index contributed by atoms with van der Waals surface area (Å²) in [5.74, 6) is 0.417. The third kappa shape index (κ3) is 5.35. The number of halogens is 1. The monoisotopic (exact) mass is 570 g/mol. The number of fused-ring (bicyclic) bond motifs is 2. The fraction of sp³-hybridized carbons (Fsp3) is 0.344. The standard InChI is InChI=1S/C32H31FN4O5/c33-25-14-21-8-12-41-29(21)16-23(25)19-42-31-3-1-2-26(35-31)20-6-10-36(11-7-20)18-30-34-27-5-4-22(32(38)39)15-28(27)37(30)17-24-9-13-40-24/h1-5,8,12,14-16,20,24H,6-7,9-11,13,17-19H2,(H,38,39). The highest BCUT2D eigenvalue weighted by atomic mass is 19.1. The fourth-order valence-electron chi connectivity index (χ4n) is 5.87. The molecule has 10 heteroatoms. The quantitative estimate of drug-likeness (QED) is 0.239. The predicted molar refractivity (Wildman–Crippen MR) is 153 cm³/mol. The molecule has 216 valence electrons. The van der Waals surface area contributed by atoms with Crippen LogP contribution in [0.25, 0.3) is 22.0 Å². The van der Waals surface area contributed by atoms with Gasteiger partial charge in [-0.25, -0.2) is 19.2 Å². The van der Waals surface area contributed by atoms with Crippen LogP contribution in [0.2, 0.25) is 0 Å². The first kappa shape index (κ1) is 26.6. The maximum Gasteiger partial charge on any atom is 0.335 e. The highest BCUT2D eigenvalue weighted by Crippen LogP contribution is 2.30. The lowest BCUT2D eigenvalue weighted by molar-refractivity contribution is -0.0592. The Morgan fingerprint density at radius 2 is 1.93 bits per heavy atom. The molecule has 0 bridgehead atoms. The van der Waals surface area contributed by atoms with E-state index in [1.807, 2.05) is 12.1 Å². The van der Waals surface area contributed by atoms with Crippen LogP contribution in [0.15, 0.2) is 65.3 Å². The molecular weight excluding hydrogens is 539 g/mol. The second kappa shape index (κ2) is 11.2. The van der Waals surface area contributed by atoms with Gasteiger partial charge in [-0.2, -0.15) is 0 Å². The number of imidazole rings is 1. The lowest BCUT2D eigenvalue weighted by atomic mass is 9.93. The first-order valence-corrected chi connectivity index (χ1v) is 14.3. The zero-order chi connectivity index (χ0) is 28.6. The van der Waals surface area contributed by atoms with Crippen LogP contribution in [0.3, 0.4) is 0 Å². The third-order valence-electron chi connectivity index (χ3n) is 8.37. The maximum absolute atomic E-state index is 14.5. The molecule has 1 unspecified atom stereocenters. The first-order valence-electron chi connectivity index (χ1n) is 14.3. The number of likely N-dealkylation sites (tertiary alicyclic amines) is 1. The normalized spacial score (nSPS) is 18.0. The number of ether oxygens (including phenoxy) is 2. The molecule has 1 atom stereocenters. The van der Waals surface area contributed by atoms with Crippen molar-refractivity contribution < 1.29 is 28.2 Å². The van der Waals surface area contributed by atoms with E-state index in [1.165, 1.54) is 6.07 Å². The summed E-state index contributed by atoms with van der Waals surface area (Å²) in [4.78, 5) is 23.6. The Morgan fingerprint density at radius 3 is 2.71 bits per heavy atom. The zero-order valence-electron chi connectivity index (χ0n) is 23.0. The van der Waals surface area contributed by atoms with Gasteiger partial charge in [0.05, 0.1) is 42.1 Å². The molecule has 0 aliphatic carbocycles. The van der Waals surface area contributed by atoms with Crippen LogP contribution in [0.1, 0.15) is 52.6 Å². The van der Waals surface area contributed by atoms with Gasteiger partial charge in [0.1, 0.15) is 23.8 Å². The maximum atomic E-state index is 14.5. The lowest BCUT2D eigenvalue weighted by Crippen LogP contribution is -2.35. The van der Waals surface area contributed by atoms with Crippen LogP contribution >= 0.6 is 0 Å². The molecule has 2 aliphatic heterocycles. The van der Waals surface area contributed by atoms with Gasteiger partial charge in [-0.3, -0.25) is 4.90 Å². The number of benzene rings is 2. The number of carboxylic acids is 1. The van der Waals surface area contributed by atoms with Crippen molar-refractivity contribution in [3.8, 4) is 5.88 Å². The van der Waals surface area contributed by atoms with Crippen molar-refractivity contribution in [3.05, 3.63) is 89.3 Å². The summed E-state index contributed by atoms with van der Waals surface area (Å²) in [7, 11) is 0. The van der Waals surface area contributed by atoms with E-state index in [9.17, 15) is 14.3 Å². The van der Waals surface area contributed by atoms with Gasteiger partial charge in [0.15, 0.2) is 0 Å². The molecule has 0 amide bonds. The summed E-state index contributed by atoms with van der Waals surface area (Å²) in [5, 5.41) is 10.2. The third-order valence-corrected chi connectivity index (χ3v) is 8.37. The van der Waals surface area contributed by atoms with Crippen LogP contribution in [0.5, 0.6) is 5.88 Å². The number of piperidine rings is 1. The molecule has 5 heterocycles. The average molecular weight is 571 g/mol. The Labute approximate surface area is 241 Å². The smallest absolute Gasteiger partial charge is 0.335 e. The van der Waals surface area contributed by atoms with Crippen molar-refractivity contribution in [2.75, 3.05) is 19.7 Å². The molecule has 0 spiro atoms. The van der Waals surface area contributed by atoms with Crippen molar-refractivity contribution in [1.29, 1.82) is 0 Å². The zero-order valence-corrected chi connectivity index (χ0v) is 23.0. The Hall–Kier alpha value is -4.28. The van der Waals surface area contributed by atoms with Gasteiger partial charge in [-0.15, -0.1) is 0 Å². The molecule has 9 nitrogen and oxygen atoms in total. The Kier molecular flexibility index (Phi) is 7.09. The van der Waals surface area contributed by atoms with E-state index in [2.05, 4.69) is 9.47 Å². The minimum atomic E-state index is -0.946. The second-order valence-corrected chi connectivity index (χ2v) is 11.1. The van der Waals surface area contributed by atoms with Crippen LogP contribution in [-0.4, -0.2) is 56.3 Å². The highest BCUT2D eigenvalue weighted by molar-refractivity contribution is 5.92. The summed E-state index contributed by atoms with van der Waals surface area (Å²) in [6.07, 6.45) is 4.55. The van der Waals surface area contributed by atoms with Gasteiger partial charge in [-0.05, 0) is 74.8 Å². The van der Waals surface area contributed by atoms with Gasteiger partial charge in [0, 0.05) is 35.2 Å². The van der Waals surface area contributed by atoms with Gasteiger partial charge >= 0.3 is 5.97 Å². The number of carboxylic acid groups (broad SMARTS) is 1. The van der Waals surface area contributed by atoms with Crippen molar-refractivity contribution in [2.45, 2.75) is 51.0 Å². The van der Waals surface area contributed by atoms with Gasteiger partial charge in [0.25, 0.3) is 0 Å². The predicted octanol–water partition coefficient (Wildman–Crippen LogP) is 5.76. The van der Waals surface area contributed by atoms with Crippen LogP contribution in [0.4, 0.5) is 4.39 Å². The number of rotatable bonds is 9. The summed E-state index contributed by atoms with van der Waals surface area (Å²) >= 11 is 0. The lowest BCUT2D eigenvalue weighted by Gasteiger charge is -2.32. The number of hydrogen-bond acceptors (Lipinski definition) is 7. The summed E-state index contributed by atoms with van der Waals surface area (Å²) < 4.78 is 33.6. The number of aromatic carboxylic acids is 1. The summed E-state index contributed by atoms with van der Waals surface area (Å²) in [6, 6.07) is 15.7. The van der Waals surface area contributed by atoms with Crippen LogP contribution in [-0.2, 0) is 24.4 Å². The van der Waals surface area contributed by atoms with Gasteiger partial charge < -0.3 is 23.6 Å². The van der Waals surface area contributed by atoms with Gasteiger partial charge in [0.2, 0.25) is 5.88 Å². The van der Waals surface area contributed by atoms with E-state index >= 15 is 0 Å². The van der Waals surface area contributed by atoms with Crippen molar-refractivity contribution in [1.82, 2.24) is 19.4 Å². The van der Waals surface area contributed by atoms with E-state index in [-0.39, 0.29) is 24.1 Å². The average Bonchev–Trinajstić information content (AvgIpc) is 3.57. The topological polar surface area (TPSA) is 103 Å². The molecule has 1 N–H and O–H groups in total. The van der Waals surface area contributed by atoms with E-state index in [4.69, 9.17) is 23.9 Å². The minimum Gasteiger partial charge on any atom is -0.478 e. The van der Waals surface area contributed by atoms with Crippen LogP contribution < -0.4 is 4.74 Å². The first-order chi connectivity index (χ1) is 20.5. The molecular formula is C32H31FN4O5. The largest absolute Gasteiger partial charge is 0.478 e. The summed E-state index contributed by atoms with van der Waals surface area (Å²) in [6.45, 7) is 3.95. The number of furan rings is 1. The number of hydrogen-bond donors (Lipinski definition) is 1. The van der Waals surface area contributed by atoms with Crippen molar-refractivity contribution in [2.24, 2.45) is 0 Å². The molecule has 5 aromatic rings. The molecule has 2 aromatic carbocycles. The molecule has 7 rings (SSSR count). The molecule has 2 saturated heterocycles. The summed E-state index contributed by atoms with van der Waals surface area (Å²) in [5.41, 5.74) is 3.92. The molecule has 42 heavy (non-hydrogen) atoms. The second-order valence-electron chi connectivity index (χ2n) is 11.1. The minimum absolute atomic E-state index is 0.0677. The number of carbonyl (C=O) groups is 1. The van der Waals surface area contributed by atoms with E-state index in [0.29, 0.717) is 36.0 Å². The highest BCUT2D eigenvalue weighted by Gasteiger charge is 2.26. The van der Waals surface area contributed by atoms with E-state index < -0.39 is 5.97 Å². The SMILES string of the molecule is O=C(O)c1ccc2nc(CN3CCC(c4cccc(OCc5cc6occc6cc5F)n4)CC3)n(CC3CCO3)c2c1. The van der Waals surface area contributed by atoms with E-state index in [0.717, 1.165) is 66.9 Å². The van der Waals surface area contributed by atoms with Crippen LogP contribution in [0, 0.1) is 5.82 Å². The number of aromatic nitrogens is 3. The number of nitrogens with zero attached hydrogens (tertiary/aromatic N) is 4. The Balaban J connectivity index is 1.01. The Bertz CT molecular complexity index is 1750. The molecule has 2 aliphatic rings. The molecule has 0 saturated carbocycles. The van der Waals surface area contributed by atoms with Crippen molar-refractivity contribution >= 4 is 28.0 Å². The molecule has 2 fully saturated rings. The van der Waals surface area contributed by atoms with Gasteiger partial charge in [-0.1, -0.05) is 6.07 Å². The van der Waals surface area contributed by atoms with Crippen molar-refractivity contribution in [3.63, 3.8) is 0 Å². The fourth-order valence-corrected chi connectivity index (χ4v) is 5.87.